The largest absolute Gasteiger partial charge is 0.495 e. The van der Waals surface area contributed by atoms with Crippen LogP contribution in [0.25, 0.3) is 11.0 Å². The number of nitrogens with zero attached hydrogens (tertiary/aromatic N) is 1. The number of carbonyl (C=O) groups is 1. The number of halogens is 1. The fourth-order valence-corrected chi connectivity index (χ4v) is 5.27. The number of benzene rings is 1. The van der Waals surface area contributed by atoms with Gasteiger partial charge in [0.25, 0.3) is 0 Å². The van der Waals surface area contributed by atoms with Gasteiger partial charge < -0.3 is 19.4 Å². The van der Waals surface area contributed by atoms with Crippen LogP contribution in [0.5, 0.6) is 5.75 Å². The normalized spacial score (nSPS) is 22.0. The molecular formula is C23H29ClN2O4. The molecule has 0 saturated carbocycles. The molecule has 1 aromatic heterocycles. The SMILES string of the molecule is COc1cc2oc(=O)c(CC(=O)NC[C@@H]3CCCN4CCCC[C@@H]34)c(C)c2cc1Cl. The lowest BCUT2D eigenvalue weighted by molar-refractivity contribution is -0.120. The van der Waals surface area contributed by atoms with Crippen LogP contribution in [0.1, 0.15) is 43.2 Å². The zero-order valence-corrected chi connectivity index (χ0v) is 18.4. The zero-order chi connectivity index (χ0) is 21.3. The maximum absolute atomic E-state index is 12.7. The van der Waals surface area contributed by atoms with E-state index in [4.69, 9.17) is 20.8 Å². The lowest BCUT2D eigenvalue weighted by atomic mass is 9.83. The summed E-state index contributed by atoms with van der Waals surface area (Å²) in [4.78, 5) is 27.8. The Kier molecular flexibility index (Phi) is 6.34. The van der Waals surface area contributed by atoms with Gasteiger partial charge in [-0.3, -0.25) is 4.79 Å². The molecule has 7 heteroatoms. The molecule has 0 aliphatic carbocycles. The first kappa shape index (κ1) is 21.2. The third-order valence-electron chi connectivity index (χ3n) is 6.69. The first-order chi connectivity index (χ1) is 14.5. The maximum atomic E-state index is 12.7. The molecular weight excluding hydrogens is 404 g/mol. The van der Waals surface area contributed by atoms with Gasteiger partial charge in [-0.25, -0.2) is 4.79 Å². The summed E-state index contributed by atoms with van der Waals surface area (Å²) in [5, 5.41) is 4.23. The number of amides is 1. The van der Waals surface area contributed by atoms with E-state index >= 15 is 0 Å². The summed E-state index contributed by atoms with van der Waals surface area (Å²) in [6, 6.07) is 3.90. The lowest BCUT2D eigenvalue weighted by Gasteiger charge is -2.44. The van der Waals surface area contributed by atoms with Crippen molar-refractivity contribution in [3.63, 3.8) is 0 Å². The molecule has 3 heterocycles. The van der Waals surface area contributed by atoms with Gasteiger partial charge in [0.15, 0.2) is 0 Å². The molecule has 2 aliphatic heterocycles. The Morgan fingerprint density at radius 2 is 2.07 bits per heavy atom. The highest BCUT2D eigenvalue weighted by Gasteiger charge is 2.33. The molecule has 2 aliphatic rings. The summed E-state index contributed by atoms with van der Waals surface area (Å²) in [6.07, 6.45) is 6.12. The van der Waals surface area contributed by atoms with Crippen LogP contribution in [0.4, 0.5) is 0 Å². The van der Waals surface area contributed by atoms with Gasteiger partial charge >= 0.3 is 5.63 Å². The van der Waals surface area contributed by atoms with Gasteiger partial charge in [0.2, 0.25) is 5.91 Å². The third-order valence-corrected chi connectivity index (χ3v) is 6.98. The van der Waals surface area contributed by atoms with Crippen molar-refractivity contribution < 1.29 is 13.9 Å². The Morgan fingerprint density at radius 3 is 2.87 bits per heavy atom. The van der Waals surface area contributed by atoms with Crippen molar-refractivity contribution in [3.8, 4) is 5.75 Å². The maximum Gasteiger partial charge on any atom is 0.340 e. The Bertz CT molecular complexity index is 1000. The van der Waals surface area contributed by atoms with Crippen molar-refractivity contribution >= 4 is 28.5 Å². The number of methoxy groups -OCH3 is 1. The molecule has 2 saturated heterocycles. The van der Waals surface area contributed by atoms with E-state index in [1.54, 1.807) is 12.1 Å². The highest BCUT2D eigenvalue weighted by molar-refractivity contribution is 6.32. The van der Waals surface area contributed by atoms with E-state index < -0.39 is 5.63 Å². The second-order valence-electron chi connectivity index (χ2n) is 8.46. The molecule has 4 rings (SSSR count). The van der Waals surface area contributed by atoms with Gasteiger partial charge in [0.1, 0.15) is 11.3 Å². The van der Waals surface area contributed by atoms with Gasteiger partial charge in [-0.05, 0) is 63.2 Å². The number of ether oxygens (including phenoxy) is 1. The predicted molar refractivity (Wildman–Crippen MR) is 117 cm³/mol. The summed E-state index contributed by atoms with van der Waals surface area (Å²) in [7, 11) is 1.51. The van der Waals surface area contributed by atoms with E-state index in [1.165, 1.54) is 45.9 Å². The fourth-order valence-electron chi connectivity index (χ4n) is 5.03. The van der Waals surface area contributed by atoms with E-state index in [2.05, 4.69) is 10.2 Å². The Labute approximate surface area is 181 Å². The predicted octanol–water partition coefficient (Wildman–Crippen LogP) is 3.69. The minimum absolute atomic E-state index is 0.00879. The monoisotopic (exact) mass is 432 g/mol. The van der Waals surface area contributed by atoms with Crippen LogP contribution in [-0.4, -0.2) is 43.6 Å². The molecule has 0 bridgehead atoms. The highest BCUT2D eigenvalue weighted by atomic mass is 35.5. The number of piperidine rings is 2. The van der Waals surface area contributed by atoms with Crippen molar-refractivity contribution in [2.75, 3.05) is 26.7 Å². The minimum atomic E-state index is -0.490. The molecule has 2 atom stereocenters. The number of nitrogens with one attached hydrogen (secondary N) is 1. The van der Waals surface area contributed by atoms with Crippen LogP contribution in [0.15, 0.2) is 21.3 Å². The number of fused-ring (bicyclic) bond motifs is 2. The first-order valence-electron chi connectivity index (χ1n) is 10.8. The minimum Gasteiger partial charge on any atom is -0.495 e. The lowest BCUT2D eigenvalue weighted by Crippen LogP contribution is -2.51. The summed E-state index contributed by atoms with van der Waals surface area (Å²) >= 11 is 6.24. The van der Waals surface area contributed by atoms with Crippen molar-refractivity contribution in [2.24, 2.45) is 5.92 Å². The van der Waals surface area contributed by atoms with Gasteiger partial charge in [0, 0.05) is 24.0 Å². The van der Waals surface area contributed by atoms with E-state index in [0.29, 0.717) is 45.8 Å². The molecule has 0 spiro atoms. The van der Waals surface area contributed by atoms with Crippen LogP contribution in [0.3, 0.4) is 0 Å². The van der Waals surface area contributed by atoms with E-state index in [0.717, 1.165) is 12.0 Å². The number of carbonyl (C=O) groups excluding carboxylic acids is 1. The molecule has 2 aromatic rings. The summed E-state index contributed by atoms with van der Waals surface area (Å²) in [6.45, 7) is 4.85. The molecule has 1 amide bonds. The average molecular weight is 433 g/mol. The average Bonchev–Trinajstić information content (AvgIpc) is 2.75. The standard InChI is InChI=1S/C23H29ClN2O4/c1-14-16-10-18(24)21(29-2)12-20(16)30-23(28)17(14)11-22(27)25-13-15-6-5-9-26-8-4-3-7-19(15)26/h10,12,15,19H,3-9,11,13H2,1-2H3,(H,25,27)/t15-,19-/m0/s1. The molecule has 1 N–H and O–H groups in total. The summed E-state index contributed by atoms with van der Waals surface area (Å²) < 4.78 is 10.6. The summed E-state index contributed by atoms with van der Waals surface area (Å²) in [5.41, 5.74) is 1.01. The fraction of sp³-hybridized carbons (Fsp3) is 0.565. The molecule has 162 valence electrons. The molecule has 1 aromatic carbocycles. The smallest absolute Gasteiger partial charge is 0.340 e. The molecule has 0 unspecified atom stereocenters. The Morgan fingerprint density at radius 1 is 1.27 bits per heavy atom. The van der Waals surface area contributed by atoms with Gasteiger partial charge in [-0.2, -0.15) is 0 Å². The van der Waals surface area contributed by atoms with Crippen molar-refractivity contribution in [2.45, 2.75) is 51.5 Å². The van der Waals surface area contributed by atoms with Crippen molar-refractivity contribution in [1.29, 1.82) is 0 Å². The van der Waals surface area contributed by atoms with Crippen LogP contribution < -0.4 is 15.7 Å². The Balaban J connectivity index is 1.47. The molecule has 0 radical (unpaired) electrons. The topological polar surface area (TPSA) is 71.8 Å². The zero-order valence-electron chi connectivity index (χ0n) is 17.6. The van der Waals surface area contributed by atoms with Gasteiger partial charge in [-0.15, -0.1) is 0 Å². The number of aryl methyl sites for hydroxylation is 1. The molecule has 6 nitrogen and oxygen atoms in total. The van der Waals surface area contributed by atoms with Gasteiger partial charge in [-0.1, -0.05) is 18.0 Å². The Hall–Kier alpha value is -2.05. The third kappa shape index (κ3) is 4.21. The summed E-state index contributed by atoms with van der Waals surface area (Å²) in [5.74, 6) is 0.794. The quantitative estimate of drug-likeness (QED) is 0.729. The van der Waals surface area contributed by atoms with E-state index in [9.17, 15) is 9.59 Å². The van der Waals surface area contributed by atoms with Crippen LogP contribution in [0.2, 0.25) is 5.02 Å². The van der Waals surface area contributed by atoms with E-state index in [1.807, 2.05) is 6.92 Å². The first-order valence-corrected chi connectivity index (χ1v) is 11.2. The van der Waals surface area contributed by atoms with Crippen molar-refractivity contribution in [3.05, 3.63) is 38.7 Å². The molecule has 2 fully saturated rings. The van der Waals surface area contributed by atoms with E-state index in [-0.39, 0.29) is 12.3 Å². The second-order valence-corrected chi connectivity index (χ2v) is 8.87. The number of hydrogen-bond donors (Lipinski definition) is 1. The molecule has 30 heavy (non-hydrogen) atoms. The van der Waals surface area contributed by atoms with Crippen LogP contribution in [-0.2, 0) is 11.2 Å². The van der Waals surface area contributed by atoms with Crippen LogP contribution in [0, 0.1) is 12.8 Å². The highest BCUT2D eigenvalue weighted by Crippen LogP contribution is 2.32. The van der Waals surface area contributed by atoms with Crippen LogP contribution >= 0.6 is 11.6 Å². The van der Waals surface area contributed by atoms with Crippen molar-refractivity contribution in [1.82, 2.24) is 10.2 Å². The number of rotatable bonds is 5. The van der Waals surface area contributed by atoms with Gasteiger partial charge in [0.05, 0.1) is 24.1 Å². The second kappa shape index (κ2) is 8.98. The number of hydrogen-bond acceptors (Lipinski definition) is 5.